The van der Waals surface area contributed by atoms with Gasteiger partial charge in [0.15, 0.2) is 0 Å². The molecule has 2 aromatic carbocycles. The van der Waals surface area contributed by atoms with Gasteiger partial charge in [-0.1, -0.05) is 12.1 Å². The van der Waals surface area contributed by atoms with Crippen LogP contribution in [-0.4, -0.2) is 18.4 Å². The smallest absolute Gasteiger partial charge is 0.255 e. The van der Waals surface area contributed by atoms with Gasteiger partial charge in [0.25, 0.3) is 5.91 Å². The van der Waals surface area contributed by atoms with Crippen molar-refractivity contribution in [1.82, 2.24) is 0 Å². The number of benzene rings is 2. The molecule has 1 aliphatic heterocycles. The first-order valence-corrected chi connectivity index (χ1v) is 7.92. The van der Waals surface area contributed by atoms with Gasteiger partial charge in [-0.2, -0.15) is 0 Å². The van der Waals surface area contributed by atoms with Crippen molar-refractivity contribution >= 4 is 23.2 Å². The van der Waals surface area contributed by atoms with Crippen LogP contribution in [0.3, 0.4) is 0 Å². The molecule has 1 fully saturated rings. The van der Waals surface area contributed by atoms with Crippen molar-refractivity contribution in [3.8, 4) is 0 Å². The number of nitrogens with zero attached hydrogens (tertiary/aromatic N) is 1. The van der Waals surface area contributed by atoms with Crippen molar-refractivity contribution in [3.05, 3.63) is 59.7 Å². The van der Waals surface area contributed by atoms with E-state index in [1.165, 1.54) is 0 Å². The van der Waals surface area contributed by atoms with Crippen molar-refractivity contribution in [1.29, 1.82) is 0 Å². The fourth-order valence-electron chi connectivity index (χ4n) is 2.80. The van der Waals surface area contributed by atoms with Gasteiger partial charge in [0.05, 0.1) is 0 Å². The summed E-state index contributed by atoms with van der Waals surface area (Å²) in [6.45, 7) is 2.74. The maximum atomic E-state index is 12.3. The van der Waals surface area contributed by atoms with E-state index in [-0.39, 0.29) is 11.8 Å². The average molecular weight is 308 g/mol. The van der Waals surface area contributed by atoms with Gasteiger partial charge >= 0.3 is 0 Å². The summed E-state index contributed by atoms with van der Waals surface area (Å²) < 4.78 is 0. The number of carbonyl (C=O) groups is 2. The standard InChI is InChI=1S/C19H20N2O2/c1-14-5-4-6-16(13-14)20-19(23)15-8-10-17(11-9-15)21-12-3-2-7-18(21)22/h4-6,8-11,13H,2-3,7,12H2,1H3,(H,20,23). The number of carbonyl (C=O) groups excluding carboxylic acids is 2. The molecule has 1 aliphatic rings. The second-order valence-electron chi connectivity index (χ2n) is 5.87. The fraction of sp³-hybridized carbons (Fsp3) is 0.263. The largest absolute Gasteiger partial charge is 0.322 e. The maximum absolute atomic E-state index is 12.3. The summed E-state index contributed by atoms with van der Waals surface area (Å²) in [4.78, 5) is 26.0. The van der Waals surface area contributed by atoms with E-state index in [1.54, 1.807) is 17.0 Å². The molecule has 3 rings (SSSR count). The molecule has 4 heteroatoms. The lowest BCUT2D eigenvalue weighted by atomic mass is 10.1. The highest BCUT2D eigenvalue weighted by atomic mass is 16.2. The average Bonchev–Trinajstić information content (AvgIpc) is 2.55. The summed E-state index contributed by atoms with van der Waals surface area (Å²) in [6.07, 6.45) is 2.60. The third kappa shape index (κ3) is 3.59. The monoisotopic (exact) mass is 308 g/mol. The summed E-state index contributed by atoms with van der Waals surface area (Å²) in [5, 5.41) is 2.89. The molecule has 0 saturated carbocycles. The van der Waals surface area contributed by atoms with E-state index in [4.69, 9.17) is 0 Å². The third-order valence-electron chi connectivity index (χ3n) is 4.04. The zero-order chi connectivity index (χ0) is 16.2. The van der Waals surface area contributed by atoms with Crippen LogP contribution in [0.25, 0.3) is 0 Å². The Hall–Kier alpha value is -2.62. The van der Waals surface area contributed by atoms with Crippen LogP contribution < -0.4 is 10.2 Å². The van der Waals surface area contributed by atoms with Crippen LogP contribution in [0.15, 0.2) is 48.5 Å². The molecule has 0 aliphatic carbocycles. The Morgan fingerprint density at radius 2 is 1.87 bits per heavy atom. The molecular weight excluding hydrogens is 288 g/mol. The van der Waals surface area contributed by atoms with Crippen LogP contribution in [0.2, 0.25) is 0 Å². The van der Waals surface area contributed by atoms with Crippen LogP contribution in [0.1, 0.15) is 35.2 Å². The number of nitrogens with one attached hydrogen (secondary N) is 1. The Bertz CT molecular complexity index is 722. The quantitative estimate of drug-likeness (QED) is 0.938. The van der Waals surface area contributed by atoms with Crippen molar-refractivity contribution in [3.63, 3.8) is 0 Å². The highest BCUT2D eigenvalue weighted by Gasteiger charge is 2.19. The van der Waals surface area contributed by atoms with E-state index in [2.05, 4.69) is 5.32 Å². The number of aryl methyl sites for hydroxylation is 1. The molecule has 0 bridgehead atoms. The summed E-state index contributed by atoms with van der Waals surface area (Å²) in [6, 6.07) is 14.9. The van der Waals surface area contributed by atoms with Crippen LogP contribution in [0, 0.1) is 6.92 Å². The maximum Gasteiger partial charge on any atom is 0.255 e. The second-order valence-corrected chi connectivity index (χ2v) is 5.87. The molecule has 2 amide bonds. The number of piperidine rings is 1. The Kier molecular flexibility index (Phi) is 4.42. The molecule has 0 unspecified atom stereocenters. The Labute approximate surface area is 136 Å². The molecule has 0 atom stereocenters. The van der Waals surface area contributed by atoms with Gasteiger partial charge in [0.1, 0.15) is 0 Å². The van der Waals surface area contributed by atoms with Crippen LogP contribution in [-0.2, 0) is 4.79 Å². The van der Waals surface area contributed by atoms with E-state index in [0.717, 1.165) is 36.3 Å². The molecule has 1 saturated heterocycles. The highest BCUT2D eigenvalue weighted by molar-refractivity contribution is 6.04. The Balaban J connectivity index is 1.71. The SMILES string of the molecule is Cc1cccc(NC(=O)c2ccc(N3CCCCC3=O)cc2)c1. The first kappa shape index (κ1) is 15.3. The fourth-order valence-corrected chi connectivity index (χ4v) is 2.80. The first-order chi connectivity index (χ1) is 11.1. The predicted molar refractivity (Wildman–Crippen MR) is 91.8 cm³/mol. The second kappa shape index (κ2) is 6.65. The van der Waals surface area contributed by atoms with Crippen molar-refractivity contribution in [2.75, 3.05) is 16.8 Å². The van der Waals surface area contributed by atoms with Crippen molar-refractivity contribution in [2.45, 2.75) is 26.2 Å². The van der Waals surface area contributed by atoms with Gasteiger partial charge in [0, 0.05) is 29.9 Å². The molecule has 2 aromatic rings. The van der Waals surface area contributed by atoms with E-state index in [1.807, 2.05) is 43.3 Å². The number of amides is 2. The third-order valence-corrected chi connectivity index (χ3v) is 4.04. The van der Waals surface area contributed by atoms with Crippen molar-refractivity contribution < 1.29 is 9.59 Å². The lowest BCUT2D eigenvalue weighted by Gasteiger charge is -2.26. The van der Waals surface area contributed by atoms with Crippen LogP contribution >= 0.6 is 0 Å². The van der Waals surface area contributed by atoms with Gasteiger partial charge in [-0.25, -0.2) is 0 Å². The zero-order valence-corrected chi connectivity index (χ0v) is 13.2. The van der Waals surface area contributed by atoms with E-state index >= 15 is 0 Å². The molecule has 118 valence electrons. The van der Waals surface area contributed by atoms with E-state index in [9.17, 15) is 9.59 Å². The minimum atomic E-state index is -0.146. The minimum absolute atomic E-state index is 0.146. The molecular formula is C19H20N2O2. The number of anilines is 2. The van der Waals surface area contributed by atoms with E-state index < -0.39 is 0 Å². The molecule has 0 aromatic heterocycles. The number of rotatable bonds is 3. The van der Waals surface area contributed by atoms with Gasteiger partial charge < -0.3 is 10.2 Å². The normalized spacial score (nSPS) is 14.7. The van der Waals surface area contributed by atoms with Gasteiger partial charge in [-0.05, 0) is 61.7 Å². The molecule has 1 N–H and O–H groups in total. The summed E-state index contributed by atoms with van der Waals surface area (Å²) >= 11 is 0. The minimum Gasteiger partial charge on any atom is -0.322 e. The Morgan fingerprint density at radius 1 is 1.09 bits per heavy atom. The van der Waals surface area contributed by atoms with Crippen LogP contribution in [0.4, 0.5) is 11.4 Å². The molecule has 23 heavy (non-hydrogen) atoms. The van der Waals surface area contributed by atoms with Gasteiger partial charge in [-0.3, -0.25) is 9.59 Å². The molecule has 1 heterocycles. The van der Waals surface area contributed by atoms with Gasteiger partial charge in [0.2, 0.25) is 5.91 Å². The topological polar surface area (TPSA) is 49.4 Å². The number of hydrogen-bond donors (Lipinski definition) is 1. The summed E-state index contributed by atoms with van der Waals surface area (Å²) in [7, 11) is 0. The summed E-state index contributed by atoms with van der Waals surface area (Å²) in [5.41, 5.74) is 3.33. The molecule has 0 spiro atoms. The number of hydrogen-bond acceptors (Lipinski definition) is 2. The molecule has 0 radical (unpaired) electrons. The Morgan fingerprint density at radius 3 is 2.57 bits per heavy atom. The van der Waals surface area contributed by atoms with E-state index in [0.29, 0.717) is 12.0 Å². The molecule has 4 nitrogen and oxygen atoms in total. The summed E-state index contributed by atoms with van der Waals surface area (Å²) in [5.74, 6) is 0.0142. The first-order valence-electron chi connectivity index (χ1n) is 7.92. The lowest BCUT2D eigenvalue weighted by Crippen LogP contribution is -2.35. The van der Waals surface area contributed by atoms with Crippen LogP contribution in [0.5, 0.6) is 0 Å². The zero-order valence-electron chi connectivity index (χ0n) is 13.2. The predicted octanol–water partition coefficient (Wildman–Crippen LogP) is 3.76. The van der Waals surface area contributed by atoms with Gasteiger partial charge in [-0.15, -0.1) is 0 Å². The van der Waals surface area contributed by atoms with Crippen molar-refractivity contribution in [2.24, 2.45) is 0 Å². The lowest BCUT2D eigenvalue weighted by molar-refractivity contribution is -0.119. The highest BCUT2D eigenvalue weighted by Crippen LogP contribution is 2.21.